The Kier molecular flexibility index (Phi) is 2.38. The molecule has 13 heavy (non-hydrogen) atoms. The largest absolute Gasteiger partial charge is 0.466 e. The Morgan fingerprint density at radius 3 is 2.77 bits per heavy atom. The number of fused-ring (bicyclic) bond motifs is 2. The molecule has 3 rings (SSSR count). The highest BCUT2D eigenvalue weighted by Gasteiger charge is 2.36. The predicted molar refractivity (Wildman–Crippen MR) is 50.1 cm³/mol. The van der Waals surface area contributed by atoms with E-state index in [0.717, 1.165) is 6.42 Å². The lowest BCUT2D eigenvalue weighted by molar-refractivity contribution is -0.151. The van der Waals surface area contributed by atoms with Crippen molar-refractivity contribution >= 4 is 5.97 Å². The van der Waals surface area contributed by atoms with Crippen LogP contribution in [-0.4, -0.2) is 12.6 Å². The number of carbonyl (C=O) groups excluding carboxylic acids is 1. The molecule has 1 saturated carbocycles. The molecule has 2 bridgehead atoms. The molecule has 0 N–H and O–H groups in total. The van der Waals surface area contributed by atoms with Crippen LogP contribution in [0.15, 0.2) is 12.2 Å². The van der Waals surface area contributed by atoms with E-state index in [1.807, 2.05) is 6.92 Å². The molecule has 2 nitrogen and oxygen atoms in total. The fourth-order valence-corrected chi connectivity index (χ4v) is 2.45. The number of allylic oxidation sites excluding steroid dienone is 2. The zero-order chi connectivity index (χ0) is 9.26. The number of carbonyl (C=O) groups is 1. The summed E-state index contributed by atoms with van der Waals surface area (Å²) in [7, 11) is 0. The van der Waals surface area contributed by atoms with E-state index < -0.39 is 0 Å². The van der Waals surface area contributed by atoms with E-state index in [1.54, 1.807) is 0 Å². The van der Waals surface area contributed by atoms with Crippen LogP contribution < -0.4 is 0 Å². The van der Waals surface area contributed by atoms with Gasteiger partial charge >= 0.3 is 5.97 Å². The van der Waals surface area contributed by atoms with Gasteiger partial charge in [0.25, 0.3) is 0 Å². The fourth-order valence-electron chi connectivity index (χ4n) is 2.45. The van der Waals surface area contributed by atoms with E-state index in [1.165, 1.54) is 12.8 Å². The number of esters is 1. The molecule has 0 radical (unpaired) electrons. The second kappa shape index (κ2) is 3.52. The first-order valence-corrected chi connectivity index (χ1v) is 5.16. The average molecular weight is 180 g/mol. The van der Waals surface area contributed by atoms with Crippen LogP contribution in [-0.2, 0) is 9.53 Å². The summed E-state index contributed by atoms with van der Waals surface area (Å²) in [5.74, 6) is 1.27. The first-order valence-electron chi connectivity index (χ1n) is 5.16. The summed E-state index contributed by atoms with van der Waals surface area (Å²) in [5, 5.41) is 0. The molecule has 72 valence electrons. The van der Waals surface area contributed by atoms with Gasteiger partial charge in [0.2, 0.25) is 0 Å². The summed E-state index contributed by atoms with van der Waals surface area (Å²) < 4.78 is 5.06. The Balaban J connectivity index is 2.02. The lowest BCUT2D eigenvalue weighted by atomic mass is 9.69. The van der Waals surface area contributed by atoms with E-state index in [9.17, 15) is 4.79 Å². The smallest absolute Gasteiger partial charge is 0.309 e. The second-order valence-electron chi connectivity index (χ2n) is 3.98. The number of hydrogen-bond acceptors (Lipinski definition) is 2. The minimum absolute atomic E-state index is 0.0153. The Morgan fingerprint density at radius 1 is 1.46 bits per heavy atom. The monoisotopic (exact) mass is 180 g/mol. The molecule has 1 fully saturated rings. The molecule has 2 heteroatoms. The molecule has 0 amide bonds. The summed E-state index contributed by atoms with van der Waals surface area (Å²) >= 11 is 0. The maximum Gasteiger partial charge on any atom is 0.309 e. The zero-order valence-corrected chi connectivity index (χ0v) is 8.03. The van der Waals surface area contributed by atoms with Crippen molar-refractivity contribution in [2.75, 3.05) is 6.61 Å². The van der Waals surface area contributed by atoms with Gasteiger partial charge in [0.1, 0.15) is 0 Å². The van der Waals surface area contributed by atoms with Gasteiger partial charge in [-0.25, -0.2) is 0 Å². The standard InChI is InChI=1S/C11H16O2/c1-2-13-11(12)10-7-8-3-5-9(10)6-4-8/h3,5,8-10H,2,4,6-7H2,1H3/t8?,9?,10-/m1/s1. The summed E-state index contributed by atoms with van der Waals surface area (Å²) in [6.07, 6.45) is 7.92. The molecule has 0 aromatic rings. The Morgan fingerprint density at radius 2 is 2.31 bits per heavy atom. The van der Waals surface area contributed by atoms with Crippen molar-refractivity contribution in [1.29, 1.82) is 0 Å². The lowest BCUT2D eigenvalue weighted by Gasteiger charge is -2.36. The highest BCUT2D eigenvalue weighted by Crippen LogP contribution is 2.40. The van der Waals surface area contributed by atoms with E-state index in [2.05, 4.69) is 12.2 Å². The van der Waals surface area contributed by atoms with Gasteiger partial charge in [-0.05, 0) is 38.0 Å². The van der Waals surface area contributed by atoms with E-state index in [4.69, 9.17) is 4.74 Å². The molecule has 2 unspecified atom stereocenters. The van der Waals surface area contributed by atoms with Gasteiger partial charge in [-0.1, -0.05) is 12.2 Å². The van der Waals surface area contributed by atoms with Crippen LogP contribution >= 0.6 is 0 Å². The number of rotatable bonds is 2. The van der Waals surface area contributed by atoms with Gasteiger partial charge < -0.3 is 4.74 Å². The van der Waals surface area contributed by atoms with Crippen LogP contribution in [0.2, 0.25) is 0 Å². The van der Waals surface area contributed by atoms with Crippen LogP contribution in [0.5, 0.6) is 0 Å². The van der Waals surface area contributed by atoms with Crippen LogP contribution in [0.1, 0.15) is 26.2 Å². The third-order valence-electron chi connectivity index (χ3n) is 3.16. The topological polar surface area (TPSA) is 26.3 Å². The summed E-state index contributed by atoms with van der Waals surface area (Å²) in [6.45, 7) is 2.38. The van der Waals surface area contributed by atoms with Crippen LogP contribution in [0, 0.1) is 17.8 Å². The highest BCUT2D eigenvalue weighted by molar-refractivity contribution is 5.73. The van der Waals surface area contributed by atoms with Crippen molar-refractivity contribution in [2.24, 2.45) is 17.8 Å². The van der Waals surface area contributed by atoms with Gasteiger partial charge in [-0.2, -0.15) is 0 Å². The van der Waals surface area contributed by atoms with Gasteiger partial charge in [-0.3, -0.25) is 4.79 Å². The molecule has 0 spiro atoms. The zero-order valence-electron chi connectivity index (χ0n) is 8.03. The molecule has 3 atom stereocenters. The van der Waals surface area contributed by atoms with Gasteiger partial charge in [0.15, 0.2) is 0 Å². The third kappa shape index (κ3) is 1.62. The molecule has 3 aliphatic carbocycles. The first-order chi connectivity index (χ1) is 6.31. The number of hydrogen-bond donors (Lipinski definition) is 0. The van der Waals surface area contributed by atoms with Crippen molar-refractivity contribution in [2.45, 2.75) is 26.2 Å². The molecule has 0 heterocycles. The lowest BCUT2D eigenvalue weighted by Crippen LogP contribution is -2.33. The maximum absolute atomic E-state index is 11.5. The van der Waals surface area contributed by atoms with Crippen molar-refractivity contribution < 1.29 is 9.53 Å². The van der Waals surface area contributed by atoms with E-state index in [-0.39, 0.29) is 11.9 Å². The Bertz CT molecular complexity index is 232. The fraction of sp³-hybridized carbons (Fsp3) is 0.727. The molecule has 0 aromatic carbocycles. The van der Waals surface area contributed by atoms with E-state index >= 15 is 0 Å². The maximum atomic E-state index is 11.5. The van der Waals surface area contributed by atoms with Crippen LogP contribution in [0.4, 0.5) is 0 Å². The van der Waals surface area contributed by atoms with Crippen molar-refractivity contribution in [3.63, 3.8) is 0 Å². The third-order valence-corrected chi connectivity index (χ3v) is 3.16. The van der Waals surface area contributed by atoms with Gasteiger partial charge in [-0.15, -0.1) is 0 Å². The molecule has 0 aromatic heterocycles. The molecular formula is C11H16O2. The van der Waals surface area contributed by atoms with Crippen LogP contribution in [0.25, 0.3) is 0 Å². The highest BCUT2D eigenvalue weighted by atomic mass is 16.5. The molecule has 0 aliphatic heterocycles. The van der Waals surface area contributed by atoms with Crippen molar-refractivity contribution in [3.05, 3.63) is 12.2 Å². The predicted octanol–water partition coefficient (Wildman–Crippen LogP) is 2.15. The van der Waals surface area contributed by atoms with Crippen LogP contribution in [0.3, 0.4) is 0 Å². The molecular weight excluding hydrogens is 164 g/mol. The first kappa shape index (κ1) is 8.79. The SMILES string of the molecule is CCOC(=O)[C@@H]1CC2C=CC1CC2. The van der Waals surface area contributed by atoms with Gasteiger partial charge in [0, 0.05) is 0 Å². The molecule has 3 aliphatic rings. The van der Waals surface area contributed by atoms with Gasteiger partial charge in [0.05, 0.1) is 12.5 Å². The average Bonchev–Trinajstić information content (AvgIpc) is 2.20. The normalized spacial score (nSPS) is 36.2. The minimum atomic E-state index is 0.0153. The summed E-state index contributed by atoms with van der Waals surface area (Å²) in [6, 6.07) is 0. The Hall–Kier alpha value is -0.790. The quantitative estimate of drug-likeness (QED) is 0.481. The van der Waals surface area contributed by atoms with Crippen molar-refractivity contribution in [3.8, 4) is 0 Å². The number of ether oxygens (including phenoxy) is 1. The Labute approximate surface area is 79.0 Å². The summed E-state index contributed by atoms with van der Waals surface area (Å²) in [5.41, 5.74) is 0. The van der Waals surface area contributed by atoms with E-state index in [0.29, 0.717) is 18.4 Å². The summed E-state index contributed by atoms with van der Waals surface area (Å²) in [4.78, 5) is 11.5. The van der Waals surface area contributed by atoms with Crippen molar-refractivity contribution in [1.82, 2.24) is 0 Å². The molecule has 0 saturated heterocycles. The second-order valence-corrected chi connectivity index (χ2v) is 3.98. The minimum Gasteiger partial charge on any atom is -0.466 e.